The Bertz CT molecular complexity index is 359. The van der Waals surface area contributed by atoms with Crippen molar-refractivity contribution >= 4 is 10.1 Å². The second kappa shape index (κ2) is 6.55. The highest BCUT2D eigenvalue weighted by Crippen LogP contribution is 2.02. The number of aryl methyl sites for hydroxylation is 1. The van der Waals surface area contributed by atoms with Gasteiger partial charge in [-0.25, -0.2) is 0 Å². The molecule has 0 radical (unpaired) electrons. The maximum absolute atomic E-state index is 9.19. The number of rotatable bonds is 2. The van der Waals surface area contributed by atoms with E-state index in [0.717, 1.165) is 6.42 Å². The molecule has 0 heterocycles. The van der Waals surface area contributed by atoms with Crippen LogP contribution in [0, 0.1) is 6.92 Å². The lowest BCUT2D eigenvalue weighted by atomic mass is 10.1. The number of hydrogen-bond donors (Lipinski definition) is 2. The van der Waals surface area contributed by atoms with Gasteiger partial charge in [0.2, 0.25) is 0 Å². The van der Waals surface area contributed by atoms with Crippen LogP contribution in [0.4, 0.5) is 0 Å². The van der Waals surface area contributed by atoms with Crippen molar-refractivity contribution < 1.29 is 18.1 Å². The minimum atomic E-state index is -3.67. The number of benzene rings is 1. The SMILES string of the molecule is CS(=O)(=O)O.Cc1ccc(CCO)cc1. The van der Waals surface area contributed by atoms with E-state index < -0.39 is 10.1 Å². The lowest BCUT2D eigenvalue weighted by Gasteiger charge is -1.96. The van der Waals surface area contributed by atoms with E-state index in [-0.39, 0.29) is 6.61 Å². The predicted molar refractivity (Wildman–Crippen MR) is 59.4 cm³/mol. The summed E-state index contributed by atoms with van der Waals surface area (Å²) in [5.41, 5.74) is 2.47. The molecule has 1 aromatic carbocycles. The van der Waals surface area contributed by atoms with Crippen molar-refractivity contribution in [3.05, 3.63) is 35.4 Å². The summed E-state index contributed by atoms with van der Waals surface area (Å²) in [6.07, 6.45) is 1.48. The molecule has 1 aromatic rings. The predicted octanol–water partition coefficient (Wildman–Crippen LogP) is 1.03. The maximum atomic E-state index is 9.19. The van der Waals surface area contributed by atoms with Crippen LogP contribution in [0.3, 0.4) is 0 Å². The van der Waals surface area contributed by atoms with E-state index in [4.69, 9.17) is 9.66 Å². The van der Waals surface area contributed by atoms with Crippen molar-refractivity contribution in [2.45, 2.75) is 13.3 Å². The minimum absolute atomic E-state index is 0.239. The summed E-state index contributed by atoms with van der Waals surface area (Å²) in [4.78, 5) is 0. The molecule has 0 amide bonds. The zero-order valence-electron chi connectivity index (χ0n) is 8.84. The summed E-state index contributed by atoms with van der Waals surface area (Å²) in [6.45, 7) is 2.30. The van der Waals surface area contributed by atoms with E-state index >= 15 is 0 Å². The fraction of sp³-hybridized carbons (Fsp3) is 0.400. The molecule has 86 valence electrons. The van der Waals surface area contributed by atoms with Crippen molar-refractivity contribution in [3.8, 4) is 0 Å². The molecule has 0 spiro atoms. The molecule has 0 unspecified atom stereocenters. The van der Waals surface area contributed by atoms with E-state index in [1.807, 2.05) is 12.1 Å². The second-order valence-corrected chi connectivity index (χ2v) is 4.66. The third-order valence-electron chi connectivity index (χ3n) is 1.52. The standard InChI is InChI=1S/C9H12O.CH4O3S/c1-8-2-4-9(5-3-8)6-7-10;1-5(2,3)4/h2-5,10H,6-7H2,1H3;1H3,(H,2,3,4). The quantitative estimate of drug-likeness (QED) is 0.747. The van der Waals surface area contributed by atoms with E-state index in [1.165, 1.54) is 11.1 Å². The molecule has 5 heteroatoms. The molecule has 1 rings (SSSR count). The van der Waals surface area contributed by atoms with Crippen molar-refractivity contribution in [2.24, 2.45) is 0 Å². The van der Waals surface area contributed by atoms with Crippen LogP contribution in [0.15, 0.2) is 24.3 Å². The van der Waals surface area contributed by atoms with Gasteiger partial charge in [-0.1, -0.05) is 29.8 Å². The van der Waals surface area contributed by atoms with E-state index in [9.17, 15) is 8.42 Å². The molecule has 0 aliphatic carbocycles. The Morgan fingerprint density at radius 1 is 1.20 bits per heavy atom. The largest absolute Gasteiger partial charge is 0.396 e. The second-order valence-electron chi connectivity index (χ2n) is 3.19. The summed E-state index contributed by atoms with van der Waals surface area (Å²) in [6, 6.07) is 8.22. The monoisotopic (exact) mass is 232 g/mol. The summed E-state index contributed by atoms with van der Waals surface area (Å²) in [5, 5.41) is 8.59. The first-order valence-corrected chi connectivity index (χ1v) is 6.26. The average Bonchev–Trinajstić information content (AvgIpc) is 2.06. The summed E-state index contributed by atoms with van der Waals surface area (Å²) < 4.78 is 25.9. The van der Waals surface area contributed by atoms with Gasteiger partial charge in [0.25, 0.3) is 10.1 Å². The third-order valence-corrected chi connectivity index (χ3v) is 1.52. The molecule has 0 aliphatic heterocycles. The Hall–Kier alpha value is -0.910. The van der Waals surface area contributed by atoms with Gasteiger partial charge in [-0.05, 0) is 18.9 Å². The summed E-state index contributed by atoms with van der Waals surface area (Å²) >= 11 is 0. The highest BCUT2D eigenvalue weighted by Gasteiger charge is 1.88. The molecule has 15 heavy (non-hydrogen) atoms. The van der Waals surface area contributed by atoms with Gasteiger partial charge in [-0.15, -0.1) is 0 Å². The first kappa shape index (κ1) is 14.1. The van der Waals surface area contributed by atoms with Gasteiger partial charge in [0, 0.05) is 6.61 Å². The van der Waals surface area contributed by atoms with Gasteiger partial charge in [-0.2, -0.15) is 8.42 Å². The molecule has 0 saturated carbocycles. The van der Waals surface area contributed by atoms with Gasteiger partial charge >= 0.3 is 0 Å². The molecule has 2 N–H and O–H groups in total. The van der Waals surface area contributed by atoms with Crippen LogP contribution in [0.2, 0.25) is 0 Å². The van der Waals surface area contributed by atoms with Gasteiger partial charge in [0.05, 0.1) is 6.26 Å². The van der Waals surface area contributed by atoms with Crippen LogP contribution in [-0.2, 0) is 16.5 Å². The first-order valence-electron chi connectivity index (χ1n) is 4.42. The maximum Gasteiger partial charge on any atom is 0.261 e. The smallest absolute Gasteiger partial charge is 0.261 e. The van der Waals surface area contributed by atoms with Crippen molar-refractivity contribution in [2.75, 3.05) is 12.9 Å². The Morgan fingerprint density at radius 3 is 1.93 bits per heavy atom. The van der Waals surface area contributed by atoms with Crippen molar-refractivity contribution in [1.29, 1.82) is 0 Å². The molecule has 0 atom stereocenters. The molecular formula is C10H16O4S. The Balaban J connectivity index is 0.000000336. The Labute approximate surface area is 90.3 Å². The molecular weight excluding hydrogens is 216 g/mol. The molecule has 0 aliphatic rings. The molecule has 0 bridgehead atoms. The highest BCUT2D eigenvalue weighted by molar-refractivity contribution is 7.85. The van der Waals surface area contributed by atoms with Crippen LogP contribution < -0.4 is 0 Å². The Kier molecular flexibility index (Phi) is 6.15. The topological polar surface area (TPSA) is 74.6 Å². The summed E-state index contributed by atoms with van der Waals surface area (Å²) in [7, 11) is -3.67. The highest BCUT2D eigenvalue weighted by atomic mass is 32.2. The van der Waals surface area contributed by atoms with E-state index in [0.29, 0.717) is 6.26 Å². The normalized spacial score (nSPS) is 10.4. The van der Waals surface area contributed by atoms with Crippen LogP contribution in [0.25, 0.3) is 0 Å². The van der Waals surface area contributed by atoms with Crippen molar-refractivity contribution in [1.82, 2.24) is 0 Å². The molecule has 4 nitrogen and oxygen atoms in total. The first-order chi connectivity index (χ1) is 6.83. The van der Waals surface area contributed by atoms with Crippen LogP contribution in [0.1, 0.15) is 11.1 Å². The fourth-order valence-electron chi connectivity index (χ4n) is 0.884. The minimum Gasteiger partial charge on any atom is -0.396 e. The van der Waals surface area contributed by atoms with Gasteiger partial charge in [0.1, 0.15) is 0 Å². The number of aliphatic hydroxyl groups is 1. The lowest BCUT2D eigenvalue weighted by Crippen LogP contribution is -1.89. The van der Waals surface area contributed by atoms with Crippen LogP contribution in [0.5, 0.6) is 0 Å². The third kappa shape index (κ3) is 11.0. The number of aliphatic hydroxyl groups excluding tert-OH is 1. The van der Waals surface area contributed by atoms with Gasteiger partial charge in [0.15, 0.2) is 0 Å². The van der Waals surface area contributed by atoms with Crippen LogP contribution in [-0.4, -0.2) is 30.9 Å². The molecule has 0 aromatic heterocycles. The molecule has 0 saturated heterocycles. The average molecular weight is 232 g/mol. The summed E-state index contributed by atoms with van der Waals surface area (Å²) in [5.74, 6) is 0. The zero-order valence-corrected chi connectivity index (χ0v) is 9.66. The van der Waals surface area contributed by atoms with Gasteiger partial charge < -0.3 is 5.11 Å². The van der Waals surface area contributed by atoms with E-state index in [1.54, 1.807) is 0 Å². The fourth-order valence-corrected chi connectivity index (χ4v) is 0.884. The Morgan fingerprint density at radius 2 is 1.60 bits per heavy atom. The van der Waals surface area contributed by atoms with E-state index in [2.05, 4.69) is 19.1 Å². The molecule has 0 fully saturated rings. The lowest BCUT2D eigenvalue weighted by molar-refractivity contribution is 0.299. The number of hydrogen-bond acceptors (Lipinski definition) is 3. The van der Waals surface area contributed by atoms with Crippen LogP contribution >= 0.6 is 0 Å². The van der Waals surface area contributed by atoms with Gasteiger partial charge in [-0.3, -0.25) is 4.55 Å². The zero-order chi connectivity index (χ0) is 11.9. The van der Waals surface area contributed by atoms with Crippen molar-refractivity contribution in [3.63, 3.8) is 0 Å².